The van der Waals surface area contributed by atoms with Crippen molar-refractivity contribution in [2.75, 3.05) is 11.1 Å². The van der Waals surface area contributed by atoms with Crippen LogP contribution in [-0.4, -0.2) is 9.97 Å². The number of furan rings is 1. The maximum absolute atomic E-state index is 5.95. The highest BCUT2D eigenvalue weighted by atomic mass is 16.3. The van der Waals surface area contributed by atoms with E-state index in [1.165, 1.54) is 0 Å². The van der Waals surface area contributed by atoms with Crippen LogP contribution in [0.4, 0.5) is 11.6 Å². The van der Waals surface area contributed by atoms with Crippen LogP contribution in [0.1, 0.15) is 37.9 Å². The predicted molar refractivity (Wildman–Crippen MR) is 75.9 cm³/mol. The molecule has 0 aliphatic rings. The zero-order valence-corrected chi connectivity index (χ0v) is 11.8. The number of hydrogen-bond donors (Lipinski definition) is 2. The normalized spacial score (nSPS) is 11.6. The van der Waals surface area contributed by atoms with Gasteiger partial charge in [0.25, 0.3) is 0 Å². The van der Waals surface area contributed by atoms with Gasteiger partial charge in [0.1, 0.15) is 23.2 Å². The van der Waals surface area contributed by atoms with Gasteiger partial charge in [0, 0.05) is 11.0 Å². The van der Waals surface area contributed by atoms with Crippen molar-refractivity contribution in [1.82, 2.24) is 9.97 Å². The summed E-state index contributed by atoms with van der Waals surface area (Å²) in [6, 6.07) is 3.77. The molecule has 2 aromatic rings. The van der Waals surface area contributed by atoms with Gasteiger partial charge in [0.2, 0.25) is 0 Å². The third-order valence-corrected chi connectivity index (χ3v) is 2.86. The molecule has 0 spiro atoms. The Bertz CT molecular complexity index is 556. The van der Waals surface area contributed by atoms with Crippen molar-refractivity contribution in [2.45, 2.75) is 39.7 Å². The Morgan fingerprint density at radius 1 is 1.32 bits per heavy atom. The van der Waals surface area contributed by atoms with E-state index >= 15 is 0 Å². The Morgan fingerprint density at radius 2 is 2.05 bits per heavy atom. The van der Waals surface area contributed by atoms with Crippen LogP contribution in [0, 0.1) is 6.92 Å². The summed E-state index contributed by atoms with van der Waals surface area (Å²) in [6.45, 7) is 8.67. The molecular formula is C14H20N4O. The number of nitrogen functional groups attached to an aromatic ring is 1. The highest BCUT2D eigenvalue weighted by Gasteiger charge is 2.20. The van der Waals surface area contributed by atoms with Crippen molar-refractivity contribution < 1.29 is 4.42 Å². The van der Waals surface area contributed by atoms with E-state index in [0.717, 1.165) is 23.0 Å². The average molecular weight is 260 g/mol. The maximum Gasteiger partial charge on any atom is 0.138 e. The first-order chi connectivity index (χ1) is 8.88. The fourth-order valence-electron chi connectivity index (χ4n) is 1.63. The molecule has 0 aliphatic heterocycles. The number of anilines is 2. The molecule has 5 nitrogen and oxygen atoms in total. The number of nitrogens with zero attached hydrogens (tertiary/aromatic N) is 2. The largest absolute Gasteiger partial charge is 0.467 e. The van der Waals surface area contributed by atoms with Crippen LogP contribution in [0.15, 0.2) is 22.8 Å². The molecule has 0 saturated carbocycles. The molecule has 0 aromatic carbocycles. The second-order valence-electron chi connectivity index (χ2n) is 5.59. The molecule has 2 aromatic heterocycles. The van der Waals surface area contributed by atoms with Gasteiger partial charge in [-0.05, 0) is 19.1 Å². The van der Waals surface area contributed by atoms with Crippen LogP contribution in [0.2, 0.25) is 0 Å². The first-order valence-electron chi connectivity index (χ1n) is 6.29. The van der Waals surface area contributed by atoms with Crippen molar-refractivity contribution in [3.05, 3.63) is 35.5 Å². The number of aromatic nitrogens is 2. The Balaban J connectivity index is 2.26. The lowest BCUT2D eigenvalue weighted by Gasteiger charge is -2.19. The molecule has 19 heavy (non-hydrogen) atoms. The molecule has 0 fully saturated rings. The number of nitrogens with two attached hydrogens (primary N) is 1. The third kappa shape index (κ3) is 3.05. The van der Waals surface area contributed by atoms with Gasteiger partial charge in [-0.1, -0.05) is 20.8 Å². The minimum Gasteiger partial charge on any atom is -0.467 e. The van der Waals surface area contributed by atoms with Crippen LogP contribution >= 0.6 is 0 Å². The molecule has 3 N–H and O–H groups in total. The highest BCUT2D eigenvalue weighted by molar-refractivity contribution is 5.55. The zero-order valence-electron chi connectivity index (χ0n) is 11.8. The molecule has 5 heteroatoms. The first-order valence-corrected chi connectivity index (χ1v) is 6.29. The van der Waals surface area contributed by atoms with Crippen LogP contribution in [0.25, 0.3) is 0 Å². The second kappa shape index (κ2) is 4.91. The zero-order chi connectivity index (χ0) is 14.0. The Hall–Kier alpha value is -2.04. The van der Waals surface area contributed by atoms with Gasteiger partial charge >= 0.3 is 0 Å². The Labute approximate surface area is 113 Å². The molecule has 2 rings (SSSR count). The standard InChI is InChI=1S/C14H20N4O/c1-9-11(15)17-13(14(2,3)4)18-12(9)16-8-10-6-5-7-19-10/h5-7H,8H2,1-4H3,(H3,15,16,17,18). The van der Waals surface area contributed by atoms with Gasteiger partial charge in [0.15, 0.2) is 0 Å². The summed E-state index contributed by atoms with van der Waals surface area (Å²) >= 11 is 0. The van der Waals surface area contributed by atoms with Gasteiger partial charge in [0.05, 0.1) is 12.8 Å². The lowest BCUT2D eigenvalue weighted by molar-refractivity contribution is 0.517. The van der Waals surface area contributed by atoms with E-state index in [0.29, 0.717) is 12.4 Å². The lowest BCUT2D eigenvalue weighted by atomic mass is 9.95. The van der Waals surface area contributed by atoms with Crippen LogP contribution in [0.3, 0.4) is 0 Å². The van der Waals surface area contributed by atoms with Gasteiger partial charge in [-0.15, -0.1) is 0 Å². The van der Waals surface area contributed by atoms with E-state index in [2.05, 4.69) is 36.1 Å². The number of nitrogens with one attached hydrogen (secondary N) is 1. The summed E-state index contributed by atoms with van der Waals surface area (Å²) < 4.78 is 5.29. The van der Waals surface area contributed by atoms with Crippen LogP contribution in [-0.2, 0) is 12.0 Å². The van der Waals surface area contributed by atoms with Crippen molar-refractivity contribution in [1.29, 1.82) is 0 Å². The smallest absolute Gasteiger partial charge is 0.138 e. The first kappa shape index (κ1) is 13.4. The van der Waals surface area contributed by atoms with Gasteiger partial charge < -0.3 is 15.5 Å². The minimum absolute atomic E-state index is 0.136. The van der Waals surface area contributed by atoms with Crippen molar-refractivity contribution in [2.24, 2.45) is 0 Å². The summed E-state index contributed by atoms with van der Waals surface area (Å²) in [5.74, 6) is 2.86. The van der Waals surface area contributed by atoms with E-state index in [-0.39, 0.29) is 5.41 Å². The average Bonchev–Trinajstić information content (AvgIpc) is 2.82. The quantitative estimate of drug-likeness (QED) is 0.887. The minimum atomic E-state index is -0.136. The summed E-state index contributed by atoms with van der Waals surface area (Å²) in [7, 11) is 0. The summed E-state index contributed by atoms with van der Waals surface area (Å²) in [6.07, 6.45) is 1.65. The molecule has 2 heterocycles. The number of rotatable bonds is 3. The fourth-order valence-corrected chi connectivity index (χ4v) is 1.63. The van der Waals surface area contributed by atoms with Crippen LogP contribution in [0.5, 0.6) is 0 Å². The topological polar surface area (TPSA) is 77.0 Å². The molecular weight excluding hydrogens is 240 g/mol. The lowest BCUT2D eigenvalue weighted by Crippen LogP contribution is -2.19. The fraction of sp³-hybridized carbons (Fsp3) is 0.429. The Kier molecular flexibility index (Phi) is 3.46. The van der Waals surface area contributed by atoms with E-state index in [9.17, 15) is 0 Å². The molecule has 102 valence electrons. The van der Waals surface area contributed by atoms with Crippen molar-refractivity contribution in [3.8, 4) is 0 Å². The third-order valence-electron chi connectivity index (χ3n) is 2.86. The second-order valence-corrected chi connectivity index (χ2v) is 5.59. The summed E-state index contributed by atoms with van der Waals surface area (Å²) in [5, 5.41) is 3.24. The highest BCUT2D eigenvalue weighted by Crippen LogP contribution is 2.24. The Morgan fingerprint density at radius 3 is 2.63 bits per heavy atom. The monoisotopic (exact) mass is 260 g/mol. The van der Waals surface area contributed by atoms with E-state index in [4.69, 9.17) is 10.2 Å². The van der Waals surface area contributed by atoms with Gasteiger partial charge in [-0.2, -0.15) is 0 Å². The molecule has 0 bridgehead atoms. The summed E-state index contributed by atoms with van der Waals surface area (Å²) in [5.41, 5.74) is 6.68. The van der Waals surface area contributed by atoms with Crippen molar-refractivity contribution >= 4 is 11.6 Å². The van der Waals surface area contributed by atoms with Crippen LogP contribution < -0.4 is 11.1 Å². The molecule has 0 unspecified atom stereocenters. The van der Waals surface area contributed by atoms with Gasteiger partial charge in [-0.25, -0.2) is 9.97 Å². The van der Waals surface area contributed by atoms with E-state index in [1.807, 2.05) is 19.1 Å². The predicted octanol–water partition coefficient (Wildman–Crippen LogP) is 2.87. The van der Waals surface area contributed by atoms with E-state index < -0.39 is 0 Å². The molecule has 0 aliphatic carbocycles. The molecule has 0 saturated heterocycles. The SMILES string of the molecule is Cc1c(N)nc(C(C)(C)C)nc1NCc1ccco1. The molecule has 0 radical (unpaired) electrons. The van der Waals surface area contributed by atoms with E-state index in [1.54, 1.807) is 6.26 Å². The van der Waals surface area contributed by atoms with Crippen molar-refractivity contribution in [3.63, 3.8) is 0 Å². The summed E-state index contributed by atoms with van der Waals surface area (Å²) in [4.78, 5) is 8.91. The maximum atomic E-state index is 5.95. The molecule has 0 amide bonds. The molecule has 0 atom stereocenters. The number of hydrogen-bond acceptors (Lipinski definition) is 5. The van der Waals surface area contributed by atoms with Gasteiger partial charge in [-0.3, -0.25) is 0 Å².